The first-order valence-corrected chi connectivity index (χ1v) is 10.0. The molecule has 1 amide bonds. The summed E-state index contributed by atoms with van der Waals surface area (Å²) in [5.41, 5.74) is 3.90. The molecule has 18 heavy (non-hydrogen) atoms. The number of nitrogens with zero attached hydrogens (tertiary/aromatic N) is 1. The number of hydrogen-bond donors (Lipinski definition) is 1. The number of pyridine rings is 1. The van der Waals surface area contributed by atoms with Crippen LogP contribution in [0.4, 0.5) is 5.82 Å². The van der Waals surface area contributed by atoms with Crippen molar-refractivity contribution in [2.75, 3.05) is 5.32 Å². The molecule has 1 aromatic heterocycles. The Labute approximate surface area is 121 Å². The molecule has 6 heteroatoms. The van der Waals surface area contributed by atoms with Crippen molar-refractivity contribution in [2.45, 2.75) is 26.6 Å². The van der Waals surface area contributed by atoms with Crippen molar-refractivity contribution >= 4 is 47.3 Å². The lowest BCUT2D eigenvalue weighted by molar-refractivity contribution is -0.114. The SMILES string of the molecule is CC(=O)Nc1nc(Cl)c(Br)cc1C#C[Si](C)(C)C. The van der Waals surface area contributed by atoms with Gasteiger partial charge in [-0.15, -0.1) is 5.54 Å². The first-order chi connectivity index (χ1) is 8.19. The van der Waals surface area contributed by atoms with Crippen LogP contribution in [0.5, 0.6) is 0 Å². The Morgan fingerprint density at radius 1 is 1.50 bits per heavy atom. The zero-order valence-corrected chi connectivity index (χ0v) is 14.0. The van der Waals surface area contributed by atoms with Gasteiger partial charge in [-0.25, -0.2) is 4.98 Å². The van der Waals surface area contributed by atoms with Gasteiger partial charge >= 0.3 is 0 Å². The van der Waals surface area contributed by atoms with Gasteiger partial charge in [-0.05, 0) is 22.0 Å². The summed E-state index contributed by atoms with van der Waals surface area (Å²) in [6, 6.07) is 1.77. The molecule has 0 aliphatic rings. The highest BCUT2D eigenvalue weighted by atomic mass is 79.9. The van der Waals surface area contributed by atoms with E-state index in [1.807, 2.05) is 0 Å². The van der Waals surface area contributed by atoms with Crippen LogP contribution in [0.2, 0.25) is 24.8 Å². The number of carbonyl (C=O) groups excluding carboxylic acids is 1. The van der Waals surface area contributed by atoms with Crippen LogP contribution in [0, 0.1) is 11.5 Å². The molecule has 0 bridgehead atoms. The number of anilines is 1. The summed E-state index contributed by atoms with van der Waals surface area (Å²) in [6.45, 7) is 7.87. The largest absolute Gasteiger partial charge is 0.310 e. The molecule has 1 N–H and O–H groups in total. The molecule has 1 rings (SSSR count). The third kappa shape index (κ3) is 4.81. The minimum absolute atomic E-state index is 0.197. The Hall–Kier alpha value is -0.833. The first kappa shape index (κ1) is 15.2. The van der Waals surface area contributed by atoms with E-state index < -0.39 is 8.07 Å². The van der Waals surface area contributed by atoms with E-state index in [1.54, 1.807) is 6.07 Å². The quantitative estimate of drug-likeness (QED) is 0.479. The van der Waals surface area contributed by atoms with Gasteiger partial charge in [-0.3, -0.25) is 4.79 Å². The van der Waals surface area contributed by atoms with E-state index in [0.29, 0.717) is 21.0 Å². The molecular weight excluding hydrogens is 332 g/mol. The lowest BCUT2D eigenvalue weighted by atomic mass is 10.2. The number of carbonyl (C=O) groups is 1. The minimum atomic E-state index is -1.48. The summed E-state index contributed by atoms with van der Waals surface area (Å²) in [6.07, 6.45) is 0. The molecule has 96 valence electrons. The molecule has 1 aromatic rings. The van der Waals surface area contributed by atoms with Gasteiger partial charge < -0.3 is 5.32 Å². The van der Waals surface area contributed by atoms with Crippen LogP contribution in [0.25, 0.3) is 0 Å². The van der Waals surface area contributed by atoms with E-state index in [0.717, 1.165) is 0 Å². The summed E-state index contributed by atoms with van der Waals surface area (Å²) >= 11 is 9.21. The number of nitrogens with one attached hydrogen (secondary N) is 1. The fourth-order valence-corrected chi connectivity index (χ4v) is 2.04. The van der Waals surface area contributed by atoms with Crippen molar-refractivity contribution in [2.24, 2.45) is 0 Å². The summed E-state index contributed by atoms with van der Waals surface area (Å²) < 4.78 is 0.665. The Morgan fingerprint density at radius 3 is 2.61 bits per heavy atom. The van der Waals surface area contributed by atoms with Crippen LogP contribution in [0.1, 0.15) is 12.5 Å². The average Bonchev–Trinajstić information content (AvgIpc) is 2.19. The number of amides is 1. The maximum atomic E-state index is 11.1. The van der Waals surface area contributed by atoms with Gasteiger partial charge in [-0.2, -0.15) is 0 Å². The molecule has 0 radical (unpaired) electrons. The fourth-order valence-electron chi connectivity index (χ4n) is 1.08. The van der Waals surface area contributed by atoms with Gasteiger partial charge in [0.25, 0.3) is 0 Å². The molecule has 0 saturated carbocycles. The molecule has 0 aromatic carbocycles. The highest BCUT2D eigenvalue weighted by Gasteiger charge is 2.11. The van der Waals surface area contributed by atoms with E-state index in [9.17, 15) is 4.79 Å². The van der Waals surface area contributed by atoms with Crippen molar-refractivity contribution in [1.29, 1.82) is 0 Å². The highest BCUT2D eigenvalue weighted by Crippen LogP contribution is 2.25. The highest BCUT2D eigenvalue weighted by molar-refractivity contribution is 9.10. The van der Waals surface area contributed by atoms with Crippen molar-refractivity contribution < 1.29 is 4.79 Å². The molecule has 1 heterocycles. The number of rotatable bonds is 1. The second-order valence-corrected chi connectivity index (χ2v) is 10.8. The van der Waals surface area contributed by atoms with Crippen molar-refractivity contribution in [3.63, 3.8) is 0 Å². The number of aromatic nitrogens is 1. The van der Waals surface area contributed by atoms with E-state index >= 15 is 0 Å². The van der Waals surface area contributed by atoms with Gasteiger partial charge in [0.15, 0.2) is 0 Å². The smallest absolute Gasteiger partial charge is 0.222 e. The second kappa shape index (κ2) is 5.87. The van der Waals surface area contributed by atoms with Gasteiger partial charge in [0, 0.05) is 6.92 Å². The Balaban J connectivity index is 3.26. The van der Waals surface area contributed by atoms with Crippen LogP contribution in [-0.4, -0.2) is 19.0 Å². The molecule has 0 saturated heterocycles. The van der Waals surface area contributed by atoms with Crippen LogP contribution >= 0.6 is 27.5 Å². The Bertz CT molecular complexity index is 543. The van der Waals surface area contributed by atoms with Gasteiger partial charge in [0.05, 0.1) is 10.0 Å². The maximum absolute atomic E-state index is 11.1. The first-order valence-electron chi connectivity index (χ1n) is 5.36. The predicted molar refractivity (Wildman–Crippen MR) is 81.5 cm³/mol. The third-order valence-corrected chi connectivity index (χ3v) is 3.80. The van der Waals surface area contributed by atoms with Crippen molar-refractivity contribution in [3.8, 4) is 11.5 Å². The third-order valence-electron chi connectivity index (χ3n) is 1.80. The lowest BCUT2D eigenvalue weighted by Gasteiger charge is -2.08. The summed E-state index contributed by atoms with van der Waals surface area (Å²) in [5.74, 6) is 3.28. The summed E-state index contributed by atoms with van der Waals surface area (Å²) in [5, 5.41) is 2.94. The number of halogens is 2. The fraction of sp³-hybridized carbons (Fsp3) is 0.333. The monoisotopic (exact) mass is 344 g/mol. The molecule has 0 spiro atoms. The van der Waals surface area contributed by atoms with Crippen LogP contribution < -0.4 is 5.32 Å². The molecular formula is C12H14BrClN2OSi. The summed E-state index contributed by atoms with van der Waals surface area (Å²) in [7, 11) is -1.48. The zero-order chi connectivity index (χ0) is 13.9. The van der Waals surface area contributed by atoms with Crippen LogP contribution in [0.3, 0.4) is 0 Å². The molecule has 0 fully saturated rings. The van der Waals surface area contributed by atoms with Crippen LogP contribution in [0.15, 0.2) is 10.5 Å². The Morgan fingerprint density at radius 2 is 2.11 bits per heavy atom. The lowest BCUT2D eigenvalue weighted by Crippen LogP contribution is -2.16. The number of hydrogen-bond acceptors (Lipinski definition) is 2. The molecule has 0 unspecified atom stereocenters. The summed E-state index contributed by atoms with van der Waals surface area (Å²) in [4.78, 5) is 15.2. The topological polar surface area (TPSA) is 42.0 Å². The van der Waals surface area contributed by atoms with Crippen molar-refractivity contribution in [3.05, 3.63) is 21.3 Å². The zero-order valence-electron chi connectivity index (χ0n) is 10.7. The molecule has 0 aliphatic carbocycles. The van der Waals surface area contributed by atoms with Crippen LogP contribution in [-0.2, 0) is 4.79 Å². The van der Waals surface area contributed by atoms with Crippen molar-refractivity contribution in [1.82, 2.24) is 4.98 Å². The normalized spacial score (nSPS) is 10.6. The maximum Gasteiger partial charge on any atom is 0.222 e. The average molecular weight is 346 g/mol. The predicted octanol–water partition coefficient (Wildman–Crippen LogP) is 3.68. The molecule has 3 nitrogen and oxygen atoms in total. The Kier molecular flexibility index (Phi) is 4.97. The molecule has 0 aliphatic heterocycles. The minimum Gasteiger partial charge on any atom is -0.310 e. The van der Waals surface area contributed by atoms with E-state index in [4.69, 9.17) is 11.6 Å². The second-order valence-electron chi connectivity index (χ2n) is 4.84. The van der Waals surface area contributed by atoms with Gasteiger partial charge in [0.1, 0.15) is 19.0 Å². The van der Waals surface area contributed by atoms with E-state index in [1.165, 1.54) is 6.92 Å². The van der Waals surface area contributed by atoms with Gasteiger partial charge in [-0.1, -0.05) is 37.2 Å². The standard InChI is InChI=1S/C12H14BrClN2OSi/c1-8(17)15-12-9(5-6-18(2,3)4)7-10(13)11(14)16-12/h7H,1-4H3,(H,15,16,17). The molecule has 0 atom stereocenters. The van der Waals surface area contributed by atoms with E-state index in [2.05, 4.69) is 57.3 Å². The van der Waals surface area contributed by atoms with E-state index in [-0.39, 0.29) is 5.91 Å². The van der Waals surface area contributed by atoms with Gasteiger partial charge in [0.2, 0.25) is 5.91 Å².